The van der Waals surface area contributed by atoms with Crippen LogP contribution in [0.1, 0.15) is 22.3 Å². The second-order valence-electron chi connectivity index (χ2n) is 3.09. The zero-order valence-corrected chi connectivity index (χ0v) is 7.89. The lowest BCUT2D eigenvalue weighted by Crippen LogP contribution is -2.10. The van der Waals surface area contributed by atoms with E-state index >= 15 is 0 Å². The Balaban J connectivity index is 3.44. The summed E-state index contributed by atoms with van der Waals surface area (Å²) in [6.07, 6.45) is -4.54. The van der Waals surface area contributed by atoms with E-state index in [1.54, 1.807) is 6.07 Å². The smallest absolute Gasteiger partial charge is 0.392 e. The molecule has 0 saturated carbocycles. The molecule has 0 spiro atoms. The van der Waals surface area contributed by atoms with Crippen molar-refractivity contribution >= 4 is 0 Å². The van der Waals surface area contributed by atoms with Crippen LogP contribution in [0.25, 0.3) is 0 Å². The highest BCUT2D eigenvalue weighted by molar-refractivity contribution is 5.45. The molecule has 1 aromatic rings. The van der Waals surface area contributed by atoms with Crippen LogP contribution in [-0.2, 0) is 12.8 Å². The minimum Gasteiger partial charge on any atom is -0.392 e. The molecule has 0 aliphatic heterocycles. The molecule has 0 aliphatic carbocycles. The zero-order chi connectivity index (χ0) is 11.6. The first kappa shape index (κ1) is 11.5. The average Bonchev–Trinajstić information content (AvgIpc) is 2.15. The number of alkyl halides is 3. The number of hydrogen-bond donors (Lipinski definition) is 1. The van der Waals surface area contributed by atoms with Crippen LogP contribution < -0.4 is 0 Å². The highest BCUT2D eigenvalue weighted by atomic mass is 19.4. The molecule has 0 atom stereocenters. The second kappa shape index (κ2) is 3.91. The summed E-state index contributed by atoms with van der Waals surface area (Å²) < 4.78 is 37.4. The summed E-state index contributed by atoms with van der Waals surface area (Å²) >= 11 is 0. The van der Waals surface area contributed by atoms with Crippen molar-refractivity contribution < 1.29 is 18.3 Å². The zero-order valence-electron chi connectivity index (χ0n) is 7.89. The van der Waals surface area contributed by atoms with Crippen molar-refractivity contribution in [3.63, 3.8) is 0 Å². The van der Waals surface area contributed by atoms with Gasteiger partial charge < -0.3 is 5.11 Å². The standard InChI is InChI=1S/C10H8F3NO/c1-6-2-8(5-15)9(10(11,12)13)3-7(6)4-14/h2-3,15H,5H2,1H3. The highest BCUT2D eigenvalue weighted by Gasteiger charge is 2.33. The van der Waals surface area contributed by atoms with Gasteiger partial charge in [-0.2, -0.15) is 18.4 Å². The van der Waals surface area contributed by atoms with Crippen LogP contribution in [0.15, 0.2) is 12.1 Å². The van der Waals surface area contributed by atoms with Crippen molar-refractivity contribution in [2.24, 2.45) is 0 Å². The Morgan fingerprint density at radius 3 is 2.40 bits per heavy atom. The number of nitriles is 1. The highest BCUT2D eigenvalue weighted by Crippen LogP contribution is 2.33. The SMILES string of the molecule is Cc1cc(CO)c(C(F)(F)F)cc1C#N. The van der Waals surface area contributed by atoms with Crippen molar-refractivity contribution in [2.75, 3.05) is 0 Å². The van der Waals surface area contributed by atoms with Gasteiger partial charge in [-0.25, -0.2) is 0 Å². The second-order valence-corrected chi connectivity index (χ2v) is 3.09. The topological polar surface area (TPSA) is 44.0 Å². The minimum absolute atomic E-state index is 0.0282. The molecular formula is C10H8F3NO. The lowest BCUT2D eigenvalue weighted by atomic mass is 10.00. The fourth-order valence-corrected chi connectivity index (χ4v) is 1.28. The number of rotatable bonds is 1. The normalized spacial score (nSPS) is 11.2. The molecule has 5 heteroatoms. The molecule has 15 heavy (non-hydrogen) atoms. The van der Waals surface area contributed by atoms with Gasteiger partial charge in [-0.1, -0.05) is 6.07 Å². The molecule has 0 fully saturated rings. The van der Waals surface area contributed by atoms with Crippen LogP contribution in [0.2, 0.25) is 0 Å². The molecule has 0 saturated heterocycles. The van der Waals surface area contributed by atoms with Crippen LogP contribution in [-0.4, -0.2) is 5.11 Å². The van der Waals surface area contributed by atoms with E-state index < -0.39 is 18.3 Å². The van der Waals surface area contributed by atoms with E-state index in [0.29, 0.717) is 5.56 Å². The number of aliphatic hydroxyl groups is 1. The quantitative estimate of drug-likeness (QED) is 0.781. The van der Waals surface area contributed by atoms with Crippen molar-refractivity contribution in [3.05, 3.63) is 34.4 Å². The fraction of sp³-hybridized carbons (Fsp3) is 0.300. The van der Waals surface area contributed by atoms with Gasteiger partial charge in [-0.05, 0) is 24.1 Å². The number of benzene rings is 1. The summed E-state index contributed by atoms with van der Waals surface area (Å²) in [6, 6.07) is 3.62. The Hall–Kier alpha value is -1.54. The summed E-state index contributed by atoms with van der Waals surface area (Å²) in [4.78, 5) is 0. The van der Waals surface area contributed by atoms with Crippen LogP contribution in [0.3, 0.4) is 0 Å². The predicted octanol–water partition coefficient (Wildman–Crippen LogP) is 2.38. The number of halogens is 3. The Morgan fingerprint density at radius 2 is 2.00 bits per heavy atom. The molecule has 0 aromatic heterocycles. The van der Waals surface area contributed by atoms with Gasteiger partial charge in [0.15, 0.2) is 0 Å². The molecule has 0 aliphatic rings. The maximum Gasteiger partial charge on any atom is 0.416 e. The van der Waals surface area contributed by atoms with Gasteiger partial charge in [0.2, 0.25) is 0 Å². The van der Waals surface area contributed by atoms with Gasteiger partial charge in [-0.15, -0.1) is 0 Å². The Labute approximate surface area is 84.6 Å². The van der Waals surface area contributed by atoms with E-state index in [9.17, 15) is 13.2 Å². The summed E-state index contributed by atoms with van der Waals surface area (Å²) in [5.74, 6) is 0. The largest absolute Gasteiger partial charge is 0.416 e. The molecule has 0 amide bonds. The van der Waals surface area contributed by atoms with Crippen LogP contribution in [0.4, 0.5) is 13.2 Å². The van der Waals surface area contributed by atoms with Crippen LogP contribution in [0, 0.1) is 18.3 Å². The van der Waals surface area contributed by atoms with Crippen LogP contribution in [0.5, 0.6) is 0 Å². The van der Waals surface area contributed by atoms with Gasteiger partial charge >= 0.3 is 6.18 Å². The first-order chi connectivity index (χ1) is 6.90. The van der Waals surface area contributed by atoms with Gasteiger partial charge in [0.25, 0.3) is 0 Å². The average molecular weight is 215 g/mol. The monoisotopic (exact) mass is 215 g/mol. The Bertz CT molecular complexity index is 418. The molecule has 0 unspecified atom stereocenters. The number of aliphatic hydroxyl groups excluding tert-OH is 1. The van der Waals surface area contributed by atoms with Crippen molar-refractivity contribution in [1.82, 2.24) is 0 Å². The first-order valence-electron chi connectivity index (χ1n) is 4.12. The predicted molar refractivity (Wildman–Crippen MR) is 46.8 cm³/mol. The lowest BCUT2D eigenvalue weighted by Gasteiger charge is -2.12. The van der Waals surface area contributed by atoms with E-state index in [4.69, 9.17) is 10.4 Å². The molecular weight excluding hydrogens is 207 g/mol. The maximum atomic E-state index is 12.5. The lowest BCUT2D eigenvalue weighted by molar-refractivity contribution is -0.138. The molecule has 1 aromatic carbocycles. The van der Waals surface area contributed by atoms with E-state index in [2.05, 4.69) is 0 Å². The summed E-state index contributed by atoms with van der Waals surface area (Å²) in [7, 11) is 0. The summed E-state index contributed by atoms with van der Waals surface area (Å²) in [5.41, 5.74) is -0.764. The molecule has 2 nitrogen and oxygen atoms in total. The van der Waals surface area contributed by atoms with Crippen molar-refractivity contribution in [1.29, 1.82) is 5.26 Å². The van der Waals surface area contributed by atoms with E-state index in [0.717, 1.165) is 6.07 Å². The van der Waals surface area contributed by atoms with Crippen LogP contribution >= 0.6 is 0 Å². The van der Waals surface area contributed by atoms with E-state index in [-0.39, 0.29) is 11.1 Å². The molecule has 80 valence electrons. The van der Waals surface area contributed by atoms with E-state index in [1.165, 1.54) is 13.0 Å². The van der Waals surface area contributed by atoms with Gasteiger partial charge in [0.1, 0.15) is 0 Å². The third-order valence-corrected chi connectivity index (χ3v) is 2.05. The summed E-state index contributed by atoms with van der Waals surface area (Å²) in [6.45, 7) is 0.833. The Morgan fingerprint density at radius 1 is 1.40 bits per heavy atom. The fourth-order valence-electron chi connectivity index (χ4n) is 1.28. The Kier molecular flexibility index (Phi) is 3.01. The third-order valence-electron chi connectivity index (χ3n) is 2.05. The van der Waals surface area contributed by atoms with Crippen molar-refractivity contribution in [3.8, 4) is 6.07 Å². The number of hydrogen-bond acceptors (Lipinski definition) is 2. The molecule has 0 radical (unpaired) electrons. The van der Waals surface area contributed by atoms with Gasteiger partial charge in [0, 0.05) is 0 Å². The third kappa shape index (κ3) is 2.28. The van der Waals surface area contributed by atoms with Gasteiger partial charge in [-0.3, -0.25) is 0 Å². The minimum atomic E-state index is -4.54. The molecule has 0 bridgehead atoms. The summed E-state index contributed by atoms with van der Waals surface area (Å²) in [5, 5.41) is 17.4. The molecule has 0 heterocycles. The molecule has 1 rings (SSSR count). The maximum absolute atomic E-state index is 12.5. The van der Waals surface area contributed by atoms with E-state index in [1.807, 2.05) is 0 Å². The first-order valence-corrected chi connectivity index (χ1v) is 4.12. The van der Waals surface area contributed by atoms with Crippen molar-refractivity contribution in [2.45, 2.75) is 19.7 Å². The number of nitrogens with zero attached hydrogens (tertiary/aromatic N) is 1. The van der Waals surface area contributed by atoms with Gasteiger partial charge in [0.05, 0.1) is 23.8 Å². The molecule has 1 N–H and O–H groups in total. The number of aryl methyl sites for hydroxylation is 1.